The van der Waals surface area contributed by atoms with E-state index in [9.17, 15) is 0 Å². The van der Waals surface area contributed by atoms with Crippen LogP contribution in [0.2, 0.25) is 0 Å². The van der Waals surface area contributed by atoms with Gasteiger partial charge in [-0.05, 0) is 98.8 Å². The van der Waals surface area contributed by atoms with Crippen LogP contribution in [0.4, 0.5) is 17.1 Å². The molecule has 0 fully saturated rings. The molecule has 2 aromatic heterocycles. The molecule has 5 heteroatoms. The fourth-order valence-corrected chi connectivity index (χ4v) is 8.19. The molecular formula is C46H33N5. The summed E-state index contributed by atoms with van der Waals surface area (Å²) in [6.45, 7) is 4.68. The largest absolute Gasteiger partial charge is 0.310 e. The van der Waals surface area contributed by atoms with Crippen LogP contribution in [0.25, 0.3) is 60.8 Å². The van der Waals surface area contributed by atoms with E-state index in [1.807, 2.05) is 0 Å². The van der Waals surface area contributed by atoms with Crippen molar-refractivity contribution in [1.29, 1.82) is 0 Å². The number of nitrogens with zero attached hydrogens (tertiary/aromatic N) is 5. The fourth-order valence-electron chi connectivity index (χ4n) is 8.19. The summed E-state index contributed by atoms with van der Waals surface area (Å²) in [7, 11) is 0. The lowest BCUT2D eigenvalue weighted by atomic mass is 9.82. The first-order valence-electron chi connectivity index (χ1n) is 17.3. The van der Waals surface area contributed by atoms with Crippen LogP contribution in [0.1, 0.15) is 25.0 Å². The average molecular weight is 656 g/mol. The SMILES string of the molecule is CC1(C)c2ccccc2-c2ccc(N(c3ccccc3)c3ccc(-c4ccc5c(c4)c4c6ccccc6ccc4n5-c4ncncn4)cc3)cc21. The minimum atomic E-state index is -0.0786. The number of rotatable bonds is 5. The number of aromatic nitrogens is 4. The molecule has 9 aromatic rings. The van der Waals surface area contributed by atoms with Gasteiger partial charge in [-0.25, -0.2) is 15.0 Å². The van der Waals surface area contributed by atoms with E-state index in [0.29, 0.717) is 5.95 Å². The third-order valence-corrected chi connectivity index (χ3v) is 10.6. The Morgan fingerprint density at radius 2 is 1.18 bits per heavy atom. The fraction of sp³-hybridized carbons (Fsp3) is 0.0652. The summed E-state index contributed by atoms with van der Waals surface area (Å²) in [5.74, 6) is 0.609. The molecular weight excluding hydrogens is 623 g/mol. The molecule has 0 N–H and O–H groups in total. The second-order valence-corrected chi connectivity index (χ2v) is 13.8. The first-order valence-corrected chi connectivity index (χ1v) is 17.3. The number of hydrogen-bond donors (Lipinski definition) is 0. The maximum absolute atomic E-state index is 4.53. The summed E-state index contributed by atoms with van der Waals surface area (Å²) < 4.78 is 2.14. The molecule has 2 heterocycles. The highest BCUT2D eigenvalue weighted by atomic mass is 15.2. The van der Waals surface area contributed by atoms with Crippen molar-refractivity contribution in [2.24, 2.45) is 0 Å². The van der Waals surface area contributed by atoms with Crippen molar-refractivity contribution >= 4 is 49.6 Å². The van der Waals surface area contributed by atoms with Crippen LogP contribution in [-0.4, -0.2) is 19.5 Å². The van der Waals surface area contributed by atoms with E-state index in [2.05, 4.69) is 190 Å². The highest BCUT2D eigenvalue weighted by Gasteiger charge is 2.35. The van der Waals surface area contributed by atoms with Crippen molar-refractivity contribution in [2.75, 3.05) is 4.90 Å². The molecule has 0 aliphatic heterocycles. The molecule has 0 saturated carbocycles. The highest BCUT2D eigenvalue weighted by molar-refractivity contribution is 6.21. The number of benzene rings is 7. The smallest absolute Gasteiger partial charge is 0.237 e. The Labute approximate surface area is 296 Å². The van der Waals surface area contributed by atoms with Crippen LogP contribution < -0.4 is 4.90 Å². The summed E-state index contributed by atoms with van der Waals surface area (Å²) in [6, 6.07) is 55.0. The Morgan fingerprint density at radius 3 is 2.02 bits per heavy atom. The summed E-state index contributed by atoms with van der Waals surface area (Å²) in [4.78, 5) is 15.5. The van der Waals surface area contributed by atoms with Gasteiger partial charge < -0.3 is 4.90 Å². The second-order valence-electron chi connectivity index (χ2n) is 13.8. The lowest BCUT2D eigenvalue weighted by molar-refractivity contribution is 0.660. The normalized spacial score (nSPS) is 13.1. The molecule has 0 amide bonds. The van der Waals surface area contributed by atoms with Gasteiger partial charge in [0.15, 0.2) is 0 Å². The summed E-state index contributed by atoms with van der Waals surface area (Å²) in [5, 5.41) is 4.77. The van der Waals surface area contributed by atoms with Gasteiger partial charge in [0.2, 0.25) is 5.95 Å². The lowest BCUT2D eigenvalue weighted by Crippen LogP contribution is -2.16. The van der Waals surface area contributed by atoms with Crippen molar-refractivity contribution in [3.8, 4) is 28.2 Å². The van der Waals surface area contributed by atoms with Crippen LogP contribution in [0.5, 0.6) is 0 Å². The minimum Gasteiger partial charge on any atom is -0.310 e. The van der Waals surface area contributed by atoms with Gasteiger partial charge in [0.05, 0.1) is 11.0 Å². The first kappa shape index (κ1) is 29.3. The number of fused-ring (bicyclic) bond motifs is 8. The van der Waals surface area contributed by atoms with E-state index in [0.717, 1.165) is 44.6 Å². The number of hydrogen-bond acceptors (Lipinski definition) is 4. The lowest BCUT2D eigenvalue weighted by Gasteiger charge is -2.28. The third-order valence-electron chi connectivity index (χ3n) is 10.6. The van der Waals surface area contributed by atoms with E-state index in [1.165, 1.54) is 38.4 Å². The summed E-state index contributed by atoms with van der Waals surface area (Å²) in [5.41, 5.74) is 13.1. The predicted molar refractivity (Wildman–Crippen MR) is 209 cm³/mol. The van der Waals surface area contributed by atoms with Gasteiger partial charge in [-0.3, -0.25) is 4.57 Å². The molecule has 51 heavy (non-hydrogen) atoms. The standard InChI is InChI=1S/C46H33N5/c1-46(2)40-15-9-8-14-37(40)38-23-22-35(27-41(38)46)50(33-11-4-3-5-12-33)34-20-16-30(17-21-34)32-19-24-42-39(26-32)44-36-13-7-6-10-31(36)18-25-43(44)51(42)45-48-28-47-29-49-45/h3-29H,1-2H3. The minimum absolute atomic E-state index is 0.0786. The summed E-state index contributed by atoms with van der Waals surface area (Å²) in [6.07, 6.45) is 3.11. The monoisotopic (exact) mass is 655 g/mol. The molecule has 5 nitrogen and oxygen atoms in total. The molecule has 0 spiro atoms. The van der Waals surface area contributed by atoms with E-state index >= 15 is 0 Å². The molecule has 10 rings (SSSR count). The Hall–Kier alpha value is -6.59. The topological polar surface area (TPSA) is 46.8 Å². The molecule has 0 saturated heterocycles. The summed E-state index contributed by atoms with van der Waals surface area (Å²) >= 11 is 0. The second kappa shape index (κ2) is 11.2. The van der Waals surface area contributed by atoms with E-state index in [1.54, 1.807) is 12.7 Å². The zero-order valence-electron chi connectivity index (χ0n) is 28.3. The van der Waals surface area contributed by atoms with Crippen LogP contribution in [-0.2, 0) is 5.41 Å². The molecule has 1 aliphatic carbocycles. The van der Waals surface area contributed by atoms with Crippen molar-refractivity contribution in [3.05, 3.63) is 175 Å². The zero-order valence-corrected chi connectivity index (χ0v) is 28.3. The predicted octanol–water partition coefficient (Wildman–Crippen LogP) is 11.6. The molecule has 0 atom stereocenters. The van der Waals surface area contributed by atoms with Crippen LogP contribution in [0, 0.1) is 0 Å². The van der Waals surface area contributed by atoms with Gasteiger partial charge in [0.25, 0.3) is 0 Å². The molecule has 7 aromatic carbocycles. The Bertz CT molecular complexity index is 2770. The Morgan fingerprint density at radius 1 is 0.510 bits per heavy atom. The van der Waals surface area contributed by atoms with Crippen LogP contribution >= 0.6 is 0 Å². The van der Waals surface area contributed by atoms with Gasteiger partial charge in [-0.2, -0.15) is 0 Å². The van der Waals surface area contributed by atoms with Gasteiger partial charge in [0, 0.05) is 33.2 Å². The van der Waals surface area contributed by atoms with Crippen molar-refractivity contribution in [2.45, 2.75) is 19.3 Å². The molecule has 0 unspecified atom stereocenters. The van der Waals surface area contributed by atoms with E-state index < -0.39 is 0 Å². The molecule has 242 valence electrons. The van der Waals surface area contributed by atoms with Crippen LogP contribution in [0.3, 0.4) is 0 Å². The van der Waals surface area contributed by atoms with E-state index in [4.69, 9.17) is 0 Å². The Kier molecular flexibility index (Phi) is 6.46. The van der Waals surface area contributed by atoms with Gasteiger partial charge >= 0.3 is 0 Å². The van der Waals surface area contributed by atoms with Crippen LogP contribution in [0.15, 0.2) is 164 Å². The molecule has 0 radical (unpaired) electrons. The van der Waals surface area contributed by atoms with Gasteiger partial charge in [-0.1, -0.05) is 111 Å². The number of anilines is 3. The quantitative estimate of drug-likeness (QED) is 0.185. The first-order chi connectivity index (χ1) is 25.1. The zero-order chi connectivity index (χ0) is 34.1. The van der Waals surface area contributed by atoms with Crippen molar-refractivity contribution in [1.82, 2.24) is 19.5 Å². The highest BCUT2D eigenvalue weighted by Crippen LogP contribution is 2.50. The molecule has 0 bridgehead atoms. The van der Waals surface area contributed by atoms with Crippen molar-refractivity contribution in [3.63, 3.8) is 0 Å². The average Bonchev–Trinajstić information content (AvgIpc) is 3.64. The maximum atomic E-state index is 4.53. The third kappa shape index (κ3) is 4.51. The van der Waals surface area contributed by atoms with Crippen molar-refractivity contribution < 1.29 is 0 Å². The van der Waals surface area contributed by atoms with Gasteiger partial charge in [0.1, 0.15) is 12.7 Å². The van der Waals surface area contributed by atoms with Gasteiger partial charge in [-0.15, -0.1) is 0 Å². The maximum Gasteiger partial charge on any atom is 0.237 e. The molecule has 1 aliphatic rings. The number of para-hydroxylation sites is 1. The Balaban J connectivity index is 1.10. The van der Waals surface area contributed by atoms with E-state index in [-0.39, 0.29) is 5.41 Å².